The number of amides is 2. The average Bonchev–Trinajstić information content (AvgIpc) is 2.78. The van der Waals surface area contributed by atoms with Crippen LogP contribution in [0.3, 0.4) is 0 Å². The molecule has 1 fully saturated rings. The molecule has 2 N–H and O–H groups in total. The quantitative estimate of drug-likeness (QED) is 0.627. The van der Waals surface area contributed by atoms with Gasteiger partial charge < -0.3 is 25.0 Å². The van der Waals surface area contributed by atoms with Crippen molar-refractivity contribution in [3.63, 3.8) is 0 Å². The van der Waals surface area contributed by atoms with Crippen molar-refractivity contribution < 1.29 is 19.1 Å². The number of methoxy groups -OCH3 is 2. The minimum absolute atomic E-state index is 0.0219. The molecule has 1 aromatic carbocycles. The molecule has 2 aromatic rings. The standard InChI is InChI=1S/C24H33N5O4/c1-15-12-16(2)26-24(25-15)29-10-8-19(9-11-29)28-23(31)21(27-17(3)30)13-18-6-7-20(32-4)14-22(18)33-5/h6-7,12,14,19,21H,8-11,13H2,1-5H3,(H,27,30)(H,28,31). The Morgan fingerprint density at radius 3 is 2.33 bits per heavy atom. The van der Waals surface area contributed by atoms with Gasteiger partial charge in [0.2, 0.25) is 17.8 Å². The Bertz CT molecular complexity index is 969. The van der Waals surface area contributed by atoms with E-state index < -0.39 is 6.04 Å². The van der Waals surface area contributed by atoms with Crippen molar-refractivity contribution in [3.05, 3.63) is 41.2 Å². The minimum Gasteiger partial charge on any atom is -0.497 e. The Labute approximate surface area is 194 Å². The monoisotopic (exact) mass is 455 g/mol. The summed E-state index contributed by atoms with van der Waals surface area (Å²) in [4.78, 5) is 36.1. The van der Waals surface area contributed by atoms with Crippen LogP contribution in [0.4, 0.5) is 5.95 Å². The van der Waals surface area contributed by atoms with Crippen molar-refractivity contribution in [2.75, 3.05) is 32.2 Å². The molecule has 0 saturated carbocycles. The normalized spacial score (nSPS) is 15.0. The molecule has 0 radical (unpaired) electrons. The molecule has 0 bridgehead atoms. The number of aromatic nitrogens is 2. The van der Waals surface area contributed by atoms with Gasteiger partial charge in [-0.3, -0.25) is 9.59 Å². The fourth-order valence-corrected chi connectivity index (χ4v) is 4.07. The van der Waals surface area contributed by atoms with Crippen LogP contribution in [-0.4, -0.2) is 61.2 Å². The molecule has 1 atom stereocenters. The third-order valence-electron chi connectivity index (χ3n) is 5.71. The smallest absolute Gasteiger partial charge is 0.243 e. The Morgan fingerprint density at radius 2 is 1.76 bits per heavy atom. The Balaban J connectivity index is 1.63. The zero-order chi connectivity index (χ0) is 24.0. The van der Waals surface area contributed by atoms with Gasteiger partial charge in [-0.25, -0.2) is 9.97 Å². The lowest BCUT2D eigenvalue weighted by Crippen LogP contribution is -2.52. The van der Waals surface area contributed by atoms with Gasteiger partial charge in [0.25, 0.3) is 0 Å². The second-order valence-corrected chi connectivity index (χ2v) is 8.36. The highest BCUT2D eigenvalue weighted by molar-refractivity contribution is 5.87. The predicted octanol–water partition coefficient (Wildman–Crippen LogP) is 1.94. The van der Waals surface area contributed by atoms with Crippen LogP contribution in [0.2, 0.25) is 0 Å². The van der Waals surface area contributed by atoms with E-state index in [9.17, 15) is 9.59 Å². The number of nitrogens with one attached hydrogen (secondary N) is 2. The number of nitrogens with zero attached hydrogens (tertiary/aromatic N) is 3. The summed E-state index contributed by atoms with van der Waals surface area (Å²) in [5, 5.41) is 5.89. The van der Waals surface area contributed by atoms with Crippen LogP contribution in [0.25, 0.3) is 0 Å². The van der Waals surface area contributed by atoms with Crippen LogP contribution >= 0.6 is 0 Å². The zero-order valence-electron chi connectivity index (χ0n) is 20.0. The van der Waals surface area contributed by atoms with Crippen LogP contribution in [-0.2, 0) is 16.0 Å². The number of ether oxygens (including phenoxy) is 2. The number of hydrogen-bond acceptors (Lipinski definition) is 7. The van der Waals surface area contributed by atoms with Crippen LogP contribution < -0.4 is 25.0 Å². The fraction of sp³-hybridized carbons (Fsp3) is 0.500. The summed E-state index contributed by atoms with van der Waals surface area (Å²) in [6.07, 6.45) is 1.87. The maximum absolute atomic E-state index is 13.1. The SMILES string of the molecule is COc1ccc(CC(NC(C)=O)C(=O)NC2CCN(c3nc(C)cc(C)n3)CC2)c(OC)c1. The first kappa shape index (κ1) is 24.3. The average molecular weight is 456 g/mol. The molecule has 0 spiro atoms. The number of rotatable bonds is 8. The lowest BCUT2D eigenvalue weighted by molar-refractivity contribution is -0.128. The maximum atomic E-state index is 13.1. The van der Waals surface area contributed by atoms with Crippen molar-refractivity contribution in [3.8, 4) is 11.5 Å². The predicted molar refractivity (Wildman–Crippen MR) is 126 cm³/mol. The molecule has 2 amide bonds. The summed E-state index contributed by atoms with van der Waals surface area (Å²) in [7, 11) is 3.15. The summed E-state index contributed by atoms with van der Waals surface area (Å²) in [5.74, 6) is 1.54. The first-order valence-electron chi connectivity index (χ1n) is 11.1. The van der Waals surface area contributed by atoms with Crippen molar-refractivity contribution in [2.45, 2.75) is 52.1 Å². The molecule has 1 aliphatic heterocycles. The second-order valence-electron chi connectivity index (χ2n) is 8.36. The molecule has 1 unspecified atom stereocenters. The van der Waals surface area contributed by atoms with Gasteiger partial charge in [0.1, 0.15) is 17.5 Å². The highest BCUT2D eigenvalue weighted by atomic mass is 16.5. The van der Waals surface area contributed by atoms with E-state index in [4.69, 9.17) is 9.47 Å². The zero-order valence-corrected chi connectivity index (χ0v) is 20.0. The molecular weight excluding hydrogens is 422 g/mol. The summed E-state index contributed by atoms with van der Waals surface area (Å²) >= 11 is 0. The van der Waals surface area contributed by atoms with E-state index in [-0.39, 0.29) is 17.9 Å². The number of carbonyl (C=O) groups excluding carboxylic acids is 2. The van der Waals surface area contributed by atoms with Crippen molar-refractivity contribution in [2.24, 2.45) is 0 Å². The number of carbonyl (C=O) groups is 2. The summed E-state index contributed by atoms with van der Waals surface area (Å²) < 4.78 is 10.7. The largest absolute Gasteiger partial charge is 0.497 e. The molecule has 1 aliphatic rings. The third kappa shape index (κ3) is 6.57. The summed E-state index contributed by atoms with van der Waals surface area (Å²) in [6, 6.07) is 6.70. The number of benzene rings is 1. The van der Waals surface area contributed by atoms with E-state index in [1.54, 1.807) is 20.3 Å². The summed E-state index contributed by atoms with van der Waals surface area (Å²) in [6.45, 7) is 6.85. The Hall–Kier alpha value is -3.36. The minimum atomic E-state index is -0.703. The van der Waals surface area contributed by atoms with Gasteiger partial charge in [0, 0.05) is 49.9 Å². The number of aryl methyl sites for hydroxylation is 2. The van der Waals surface area contributed by atoms with Crippen molar-refractivity contribution in [1.29, 1.82) is 0 Å². The molecule has 0 aliphatic carbocycles. The van der Waals surface area contributed by atoms with Crippen molar-refractivity contribution in [1.82, 2.24) is 20.6 Å². The Kier molecular flexibility index (Phi) is 8.08. The fourth-order valence-electron chi connectivity index (χ4n) is 4.07. The van der Waals surface area contributed by atoms with E-state index >= 15 is 0 Å². The van der Waals surface area contributed by atoms with E-state index in [0.29, 0.717) is 17.9 Å². The molecule has 9 nitrogen and oxygen atoms in total. The van der Waals surface area contributed by atoms with Crippen LogP contribution in [0, 0.1) is 13.8 Å². The summed E-state index contributed by atoms with van der Waals surface area (Å²) in [5.41, 5.74) is 2.70. The lowest BCUT2D eigenvalue weighted by Gasteiger charge is -2.33. The van der Waals surface area contributed by atoms with Gasteiger partial charge in [0.15, 0.2) is 0 Å². The van der Waals surface area contributed by atoms with E-state index in [0.717, 1.165) is 48.8 Å². The van der Waals surface area contributed by atoms with Crippen LogP contribution in [0.1, 0.15) is 36.7 Å². The molecule has 33 heavy (non-hydrogen) atoms. The molecule has 1 aromatic heterocycles. The Morgan fingerprint density at radius 1 is 1.09 bits per heavy atom. The van der Waals surface area contributed by atoms with Crippen LogP contribution in [0.5, 0.6) is 11.5 Å². The first-order chi connectivity index (χ1) is 15.8. The second kappa shape index (κ2) is 11.0. The van der Waals surface area contributed by atoms with Gasteiger partial charge in [0.05, 0.1) is 14.2 Å². The molecule has 2 heterocycles. The molecule has 9 heteroatoms. The first-order valence-corrected chi connectivity index (χ1v) is 11.1. The topological polar surface area (TPSA) is 106 Å². The van der Waals surface area contributed by atoms with Gasteiger partial charge in [-0.2, -0.15) is 0 Å². The van der Waals surface area contributed by atoms with E-state index in [1.807, 2.05) is 32.0 Å². The molecule has 178 valence electrons. The van der Waals surface area contributed by atoms with Gasteiger partial charge >= 0.3 is 0 Å². The third-order valence-corrected chi connectivity index (χ3v) is 5.71. The number of piperidine rings is 1. The lowest BCUT2D eigenvalue weighted by atomic mass is 10.0. The molecule has 1 saturated heterocycles. The van der Waals surface area contributed by atoms with Gasteiger partial charge in [-0.05, 0) is 44.4 Å². The highest BCUT2D eigenvalue weighted by Gasteiger charge is 2.27. The number of anilines is 1. The molecular formula is C24H33N5O4. The van der Waals surface area contributed by atoms with Crippen molar-refractivity contribution >= 4 is 17.8 Å². The van der Waals surface area contributed by atoms with Gasteiger partial charge in [-0.15, -0.1) is 0 Å². The van der Waals surface area contributed by atoms with Crippen LogP contribution in [0.15, 0.2) is 24.3 Å². The highest BCUT2D eigenvalue weighted by Crippen LogP contribution is 2.26. The number of hydrogen-bond donors (Lipinski definition) is 2. The van der Waals surface area contributed by atoms with E-state index in [2.05, 4.69) is 25.5 Å². The molecule has 3 rings (SSSR count). The maximum Gasteiger partial charge on any atom is 0.243 e. The van der Waals surface area contributed by atoms with E-state index in [1.165, 1.54) is 6.92 Å². The van der Waals surface area contributed by atoms with Gasteiger partial charge in [-0.1, -0.05) is 6.07 Å².